The van der Waals surface area contributed by atoms with Crippen molar-refractivity contribution in [3.8, 4) is 6.07 Å². The first-order chi connectivity index (χ1) is 12.3. The Hall–Kier alpha value is -2.41. The second kappa shape index (κ2) is 8.80. The molecule has 9 heteroatoms. The molecular weight excluding hydrogens is 354 g/mol. The molecule has 0 aliphatic carbocycles. The fraction of sp³-hybridized carbons (Fsp3) is 0.412. The van der Waals surface area contributed by atoms with Gasteiger partial charge < -0.3 is 15.1 Å². The van der Waals surface area contributed by atoms with Crippen LogP contribution >= 0.6 is 0 Å². The monoisotopic (exact) mass is 377 g/mol. The van der Waals surface area contributed by atoms with Gasteiger partial charge in [-0.2, -0.15) is 5.26 Å². The van der Waals surface area contributed by atoms with E-state index in [1.807, 2.05) is 13.1 Å². The standard InChI is InChI=1S/C17H23N5O3S/c1-21-8-10-22(11-9-21)17(23)15(12-18)13-20-7-6-14-2-4-16(5-3-14)26(19,24)25/h2-5,13,20H,6-11H2,1H3,(H2,19,24,25)/b15-13-. The van der Waals surface area contributed by atoms with Gasteiger partial charge in [0.05, 0.1) is 4.90 Å². The van der Waals surface area contributed by atoms with Gasteiger partial charge in [0, 0.05) is 38.9 Å². The third-order valence-electron chi connectivity index (χ3n) is 4.20. The number of nitrogens with two attached hydrogens (primary N) is 1. The zero-order valence-corrected chi connectivity index (χ0v) is 15.5. The molecule has 3 N–H and O–H groups in total. The molecule has 1 aromatic carbocycles. The molecule has 1 aromatic rings. The van der Waals surface area contributed by atoms with Gasteiger partial charge in [-0.3, -0.25) is 4.79 Å². The van der Waals surface area contributed by atoms with Crippen LogP contribution in [-0.2, 0) is 21.2 Å². The number of hydrogen-bond acceptors (Lipinski definition) is 6. The van der Waals surface area contributed by atoms with E-state index in [1.54, 1.807) is 17.0 Å². The highest BCUT2D eigenvalue weighted by molar-refractivity contribution is 7.89. The molecule has 0 saturated carbocycles. The van der Waals surface area contributed by atoms with Crippen molar-refractivity contribution in [3.05, 3.63) is 41.6 Å². The molecule has 0 spiro atoms. The summed E-state index contributed by atoms with van der Waals surface area (Å²) in [5.41, 5.74) is 1.00. The summed E-state index contributed by atoms with van der Waals surface area (Å²) in [5, 5.41) is 17.2. The van der Waals surface area contributed by atoms with Gasteiger partial charge in [0.25, 0.3) is 5.91 Å². The van der Waals surface area contributed by atoms with Gasteiger partial charge in [-0.15, -0.1) is 0 Å². The molecule has 0 aromatic heterocycles. The Balaban J connectivity index is 1.86. The highest BCUT2D eigenvalue weighted by atomic mass is 32.2. The highest BCUT2D eigenvalue weighted by Crippen LogP contribution is 2.09. The summed E-state index contributed by atoms with van der Waals surface area (Å²) in [4.78, 5) is 16.2. The van der Waals surface area contributed by atoms with Crippen LogP contribution in [0, 0.1) is 11.3 Å². The van der Waals surface area contributed by atoms with Crippen molar-refractivity contribution in [1.82, 2.24) is 15.1 Å². The molecule has 0 unspecified atom stereocenters. The minimum atomic E-state index is -3.69. The summed E-state index contributed by atoms with van der Waals surface area (Å²) in [6, 6.07) is 8.23. The van der Waals surface area contributed by atoms with Crippen LogP contribution in [0.15, 0.2) is 40.9 Å². The van der Waals surface area contributed by atoms with Crippen LogP contribution in [0.1, 0.15) is 5.56 Å². The fourth-order valence-corrected chi connectivity index (χ4v) is 3.07. The van der Waals surface area contributed by atoms with Gasteiger partial charge >= 0.3 is 0 Å². The number of primary sulfonamides is 1. The first-order valence-electron chi connectivity index (χ1n) is 8.24. The highest BCUT2D eigenvalue weighted by Gasteiger charge is 2.21. The molecule has 2 rings (SSSR count). The maximum atomic E-state index is 12.3. The molecule has 1 aliphatic heterocycles. The Bertz CT molecular complexity index is 804. The van der Waals surface area contributed by atoms with Crippen molar-refractivity contribution < 1.29 is 13.2 Å². The largest absolute Gasteiger partial charge is 0.389 e. The van der Waals surface area contributed by atoms with E-state index in [1.165, 1.54) is 18.3 Å². The van der Waals surface area contributed by atoms with E-state index in [0.29, 0.717) is 26.1 Å². The van der Waals surface area contributed by atoms with Gasteiger partial charge in [-0.05, 0) is 31.2 Å². The van der Waals surface area contributed by atoms with E-state index >= 15 is 0 Å². The van der Waals surface area contributed by atoms with Gasteiger partial charge in [0.1, 0.15) is 11.6 Å². The number of sulfonamides is 1. The van der Waals surface area contributed by atoms with E-state index in [0.717, 1.165) is 18.7 Å². The maximum absolute atomic E-state index is 12.3. The number of hydrogen-bond donors (Lipinski definition) is 2. The smallest absolute Gasteiger partial charge is 0.266 e. The summed E-state index contributed by atoms with van der Waals surface area (Å²) in [6.45, 7) is 3.34. The van der Waals surface area contributed by atoms with Crippen LogP contribution in [-0.4, -0.2) is 63.9 Å². The zero-order chi connectivity index (χ0) is 19.2. The molecule has 0 bridgehead atoms. The second-order valence-electron chi connectivity index (χ2n) is 6.16. The van der Waals surface area contributed by atoms with Crippen molar-refractivity contribution in [2.75, 3.05) is 39.8 Å². The molecule has 1 saturated heterocycles. The quantitative estimate of drug-likeness (QED) is 0.397. The minimum Gasteiger partial charge on any atom is -0.389 e. The number of rotatable bonds is 6. The number of piperazine rings is 1. The van der Waals surface area contributed by atoms with Gasteiger partial charge in [-0.25, -0.2) is 13.6 Å². The summed E-state index contributed by atoms with van der Waals surface area (Å²) >= 11 is 0. The van der Waals surface area contributed by atoms with E-state index in [2.05, 4.69) is 10.2 Å². The molecule has 8 nitrogen and oxygen atoms in total. The Kier molecular flexibility index (Phi) is 6.74. The van der Waals surface area contributed by atoms with Crippen LogP contribution in [0.25, 0.3) is 0 Å². The summed E-state index contributed by atoms with van der Waals surface area (Å²) in [5.74, 6) is -0.259. The van der Waals surface area contributed by atoms with E-state index in [9.17, 15) is 18.5 Å². The Labute approximate surface area is 153 Å². The Morgan fingerprint density at radius 1 is 1.27 bits per heavy atom. The van der Waals surface area contributed by atoms with Crippen LogP contribution < -0.4 is 10.5 Å². The molecule has 26 heavy (non-hydrogen) atoms. The molecule has 0 radical (unpaired) electrons. The number of nitriles is 1. The van der Waals surface area contributed by atoms with Crippen molar-refractivity contribution in [2.45, 2.75) is 11.3 Å². The molecule has 1 amide bonds. The molecule has 0 atom stereocenters. The SMILES string of the molecule is CN1CCN(C(=O)/C(C#N)=C\NCCc2ccc(S(N)(=O)=O)cc2)CC1. The number of likely N-dealkylation sites (N-methyl/N-ethyl adjacent to an activating group) is 1. The normalized spacial score (nSPS) is 16.2. The van der Waals surface area contributed by atoms with Crippen LogP contribution in [0.4, 0.5) is 0 Å². The topological polar surface area (TPSA) is 120 Å². The molecule has 1 fully saturated rings. The number of carbonyl (C=O) groups is 1. The number of amides is 1. The predicted octanol–water partition coefficient (Wildman–Crippen LogP) is -0.352. The van der Waals surface area contributed by atoms with Crippen LogP contribution in [0.5, 0.6) is 0 Å². The average Bonchev–Trinajstić information content (AvgIpc) is 2.61. The lowest BCUT2D eigenvalue weighted by atomic mass is 10.1. The lowest BCUT2D eigenvalue weighted by Gasteiger charge is -2.32. The maximum Gasteiger partial charge on any atom is 0.266 e. The number of benzene rings is 1. The lowest BCUT2D eigenvalue weighted by molar-refractivity contribution is -0.128. The molecule has 1 heterocycles. The van der Waals surface area contributed by atoms with Gasteiger partial charge in [0.15, 0.2) is 0 Å². The Morgan fingerprint density at radius 3 is 2.42 bits per heavy atom. The second-order valence-corrected chi connectivity index (χ2v) is 7.72. The van der Waals surface area contributed by atoms with Crippen LogP contribution in [0.2, 0.25) is 0 Å². The third-order valence-corrected chi connectivity index (χ3v) is 5.13. The molecular formula is C17H23N5O3S. The zero-order valence-electron chi connectivity index (χ0n) is 14.7. The number of nitrogens with zero attached hydrogens (tertiary/aromatic N) is 3. The van der Waals surface area contributed by atoms with E-state index < -0.39 is 10.0 Å². The predicted molar refractivity (Wildman–Crippen MR) is 97.3 cm³/mol. The number of carbonyl (C=O) groups excluding carboxylic acids is 1. The van der Waals surface area contributed by atoms with Crippen molar-refractivity contribution in [1.29, 1.82) is 5.26 Å². The number of nitrogens with one attached hydrogen (secondary N) is 1. The van der Waals surface area contributed by atoms with Crippen molar-refractivity contribution >= 4 is 15.9 Å². The third kappa shape index (κ3) is 5.56. The molecule has 140 valence electrons. The van der Waals surface area contributed by atoms with E-state index in [-0.39, 0.29) is 16.4 Å². The van der Waals surface area contributed by atoms with Gasteiger partial charge in [-0.1, -0.05) is 12.1 Å². The van der Waals surface area contributed by atoms with Crippen molar-refractivity contribution in [3.63, 3.8) is 0 Å². The molecule has 1 aliphatic rings. The summed E-state index contributed by atoms with van der Waals surface area (Å²) in [6.07, 6.45) is 2.06. The minimum absolute atomic E-state index is 0.0682. The van der Waals surface area contributed by atoms with Crippen LogP contribution in [0.3, 0.4) is 0 Å². The average molecular weight is 377 g/mol. The van der Waals surface area contributed by atoms with E-state index in [4.69, 9.17) is 5.14 Å². The summed E-state index contributed by atoms with van der Waals surface area (Å²) in [7, 11) is -1.69. The van der Waals surface area contributed by atoms with Crippen molar-refractivity contribution in [2.24, 2.45) is 5.14 Å². The fourth-order valence-electron chi connectivity index (χ4n) is 2.56. The lowest BCUT2D eigenvalue weighted by Crippen LogP contribution is -2.47. The summed E-state index contributed by atoms with van der Waals surface area (Å²) < 4.78 is 22.4. The Morgan fingerprint density at radius 2 is 1.88 bits per heavy atom. The first kappa shape index (κ1) is 19.9. The first-order valence-corrected chi connectivity index (χ1v) is 9.79. The van der Waals surface area contributed by atoms with Gasteiger partial charge in [0.2, 0.25) is 10.0 Å².